The van der Waals surface area contributed by atoms with Gasteiger partial charge in [0.25, 0.3) is 0 Å². The summed E-state index contributed by atoms with van der Waals surface area (Å²) in [7, 11) is 0. The number of aromatic nitrogens is 1. The molecule has 1 amide bonds. The van der Waals surface area contributed by atoms with Crippen LogP contribution in [0.5, 0.6) is 0 Å². The van der Waals surface area contributed by atoms with Gasteiger partial charge in [-0.3, -0.25) is 4.79 Å². The zero-order valence-electron chi connectivity index (χ0n) is 20.9. The first-order valence-corrected chi connectivity index (χ1v) is 12.9. The summed E-state index contributed by atoms with van der Waals surface area (Å²) in [5, 5.41) is 1.60. The van der Waals surface area contributed by atoms with Gasteiger partial charge in [0.1, 0.15) is 5.82 Å². The maximum absolute atomic E-state index is 13.7. The molecule has 0 radical (unpaired) electrons. The minimum atomic E-state index is -0.735. The molecule has 1 aliphatic carbocycles. The van der Waals surface area contributed by atoms with Crippen molar-refractivity contribution in [3.63, 3.8) is 0 Å². The topological polar surface area (TPSA) is 102 Å². The third kappa shape index (κ3) is 4.09. The smallest absolute Gasteiger partial charge is 0.449 e. The van der Waals surface area contributed by atoms with Gasteiger partial charge in [-0.25, -0.2) is 14.6 Å². The Morgan fingerprint density at radius 3 is 2.51 bits per heavy atom. The van der Waals surface area contributed by atoms with Crippen LogP contribution in [0.25, 0.3) is 0 Å². The van der Waals surface area contributed by atoms with E-state index in [1.54, 1.807) is 18.1 Å². The molecule has 4 heterocycles. The van der Waals surface area contributed by atoms with E-state index < -0.39 is 17.2 Å². The van der Waals surface area contributed by atoms with Gasteiger partial charge in [-0.05, 0) is 37.5 Å². The summed E-state index contributed by atoms with van der Waals surface area (Å²) in [6.45, 7) is 5.38. The number of hydrogen-bond acceptors (Lipinski definition) is 9. The highest BCUT2D eigenvalue weighted by molar-refractivity contribution is 5.96. The molecule has 37 heavy (non-hydrogen) atoms. The third-order valence-electron chi connectivity index (χ3n) is 7.93. The Hall–Kier alpha value is -3.66. The van der Waals surface area contributed by atoms with Crippen molar-refractivity contribution in [2.75, 3.05) is 50.8 Å². The summed E-state index contributed by atoms with van der Waals surface area (Å²) in [5.74, 6) is 0.612. The summed E-state index contributed by atoms with van der Waals surface area (Å²) >= 11 is 0. The fourth-order valence-electron chi connectivity index (χ4n) is 5.77. The first-order valence-electron chi connectivity index (χ1n) is 12.9. The summed E-state index contributed by atoms with van der Waals surface area (Å²) in [6, 6.07) is 11.4. The lowest BCUT2D eigenvalue weighted by atomic mass is 9.91. The molecule has 0 N–H and O–H groups in total. The number of piperazine rings is 1. The Kier molecular flexibility index (Phi) is 5.78. The van der Waals surface area contributed by atoms with Crippen LogP contribution in [0.1, 0.15) is 47.7 Å². The lowest BCUT2D eigenvalue weighted by Crippen LogP contribution is -2.47. The van der Waals surface area contributed by atoms with E-state index >= 15 is 0 Å². The molecule has 2 saturated heterocycles. The predicted octanol–water partition coefficient (Wildman–Crippen LogP) is 2.62. The standard InChI is InChI=1S/C27H30N4O6/c1-2-35-25(34)37-31-15-13-29(14-16-31)22-8-7-19(17-28-22)26(9-10-26)24(33)30-12-11-27(18-30)21-6-4-3-5-20(21)23(32)36-27/h3-8,17H,2,9-16,18H2,1H3. The van der Waals surface area contributed by atoms with Gasteiger partial charge in [-0.1, -0.05) is 24.3 Å². The summed E-state index contributed by atoms with van der Waals surface area (Å²) in [4.78, 5) is 51.5. The van der Waals surface area contributed by atoms with E-state index in [0.717, 1.165) is 29.8 Å². The lowest BCUT2D eigenvalue weighted by Gasteiger charge is -2.33. The average molecular weight is 507 g/mol. The molecule has 1 spiro atoms. The maximum atomic E-state index is 13.7. The molecule has 0 bridgehead atoms. The number of benzene rings is 1. The van der Waals surface area contributed by atoms with E-state index in [0.29, 0.717) is 51.3 Å². The van der Waals surface area contributed by atoms with Crippen molar-refractivity contribution in [1.82, 2.24) is 14.9 Å². The molecule has 10 nitrogen and oxygen atoms in total. The molecule has 6 rings (SSSR count). The van der Waals surface area contributed by atoms with Gasteiger partial charge in [0.2, 0.25) is 5.91 Å². The van der Waals surface area contributed by atoms with Crippen molar-refractivity contribution in [2.24, 2.45) is 0 Å². The number of hydrogen-bond donors (Lipinski definition) is 0. The SMILES string of the molecule is CCOC(=O)ON1CCN(c2ccc(C3(C(=O)N4CCC5(C4)OC(=O)c4ccccc45)CC3)cn2)CC1. The fourth-order valence-corrected chi connectivity index (χ4v) is 5.77. The van der Waals surface area contributed by atoms with Crippen LogP contribution in [0.3, 0.4) is 0 Å². The Balaban J connectivity index is 1.10. The summed E-state index contributed by atoms with van der Waals surface area (Å²) in [6.07, 6.45) is 3.32. The van der Waals surface area contributed by atoms with Crippen LogP contribution in [-0.2, 0) is 30.1 Å². The minimum Gasteiger partial charge on any atom is -0.449 e. The van der Waals surface area contributed by atoms with Crippen LogP contribution in [0.4, 0.5) is 10.6 Å². The van der Waals surface area contributed by atoms with E-state index in [1.807, 2.05) is 41.4 Å². The second-order valence-corrected chi connectivity index (χ2v) is 10.1. The first kappa shape index (κ1) is 23.7. The number of likely N-dealkylation sites (tertiary alicyclic amines) is 1. The number of esters is 1. The number of carbonyl (C=O) groups excluding carboxylic acids is 3. The molecular formula is C27H30N4O6. The quantitative estimate of drug-likeness (QED) is 0.567. The number of nitrogens with zero attached hydrogens (tertiary/aromatic N) is 4. The molecule has 1 aromatic heterocycles. The summed E-state index contributed by atoms with van der Waals surface area (Å²) < 4.78 is 10.7. The van der Waals surface area contributed by atoms with Crippen LogP contribution < -0.4 is 4.90 Å². The highest BCUT2D eigenvalue weighted by Gasteiger charge is 2.57. The number of anilines is 1. The molecule has 1 unspecified atom stereocenters. The van der Waals surface area contributed by atoms with Crippen LogP contribution in [0, 0.1) is 0 Å². The number of hydroxylamine groups is 2. The van der Waals surface area contributed by atoms with Crippen LogP contribution in [-0.4, -0.2) is 78.9 Å². The molecule has 194 valence electrons. The van der Waals surface area contributed by atoms with Gasteiger partial charge in [-0.15, -0.1) is 5.06 Å². The minimum absolute atomic E-state index is 0.0871. The highest BCUT2D eigenvalue weighted by atomic mass is 16.8. The van der Waals surface area contributed by atoms with Gasteiger partial charge in [-0.2, -0.15) is 0 Å². The van der Waals surface area contributed by atoms with Crippen molar-refractivity contribution < 1.29 is 28.7 Å². The van der Waals surface area contributed by atoms with E-state index in [9.17, 15) is 14.4 Å². The number of rotatable bonds is 5. The molecular weight excluding hydrogens is 476 g/mol. The van der Waals surface area contributed by atoms with Gasteiger partial charge < -0.3 is 24.1 Å². The van der Waals surface area contributed by atoms with Crippen molar-refractivity contribution in [1.29, 1.82) is 0 Å². The molecule has 4 aliphatic rings. The average Bonchev–Trinajstić information content (AvgIpc) is 3.55. The zero-order chi connectivity index (χ0) is 25.6. The second kappa shape index (κ2) is 9.02. The Labute approximate surface area is 215 Å². The normalized spacial score (nSPS) is 24.1. The third-order valence-corrected chi connectivity index (χ3v) is 7.93. The van der Waals surface area contributed by atoms with Crippen molar-refractivity contribution in [2.45, 2.75) is 37.2 Å². The second-order valence-electron chi connectivity index (χ2n) is 10.1. The number of pyridine rings is 1. The van der Waals surface area contributed by atoms with Gasteiger partial charge in [0.15, 0.2) is 5.60 Å². The molecule has 10 heteroatoms. The lowest BCUT2D eigenvalue weighted by molar-refractivity contribution is -0.134. The van der Waals surface area contributed by atoms with Gasteiger partial charge in [0, 0.05) is 37.8 Å². The van der Waals surface area contributed by atoms with Crippen molar-refractivity contribution >= 4 is 23.8 Å². The van der Waals surface area contributed by atoms with Gasteiger partial charge in [0.05, 0.1) is 37.2 Å². The monoisotopic (exact) mass is 506 g/mol. The molecule has 3 fully saturated rings. The van der Waals surface area contributed by atoms with Crippen molar-refractivity contribution in [3.8, 4) is 0 Å². The molecule has 1 atom stereocenters. The maximum Gasteiger partial charge on any atom is 0.527 e. The largest absolute Gasteiger partial charge is 0.527 e. The summed E-state index contributed by atoms with van der Waals surface area (Å²) in [5.41, 5.74) is 1.13. The number of amides is 1. The Morgan fingerprint density at radius 2 is 1.81 bits per heavy atom. The van der Waals surface area contributed by atoms with Crippen LogP contribution in [0.15, 0.2) is 42.6 Å². The van der Waals surface area contributed by atoms with E-state index in [2.05, 4.69) is 9.88 Å². The van der Waals surface area contributed by atoms with Gasteiger partial charge >= 0.3 is 12.1 Å². The molecule has 2 aromatic rings. The Morgan fingerprint density at radius 1 is 1.03 bits per heavy atom. The van der Waals surface area contributed by atoms with E-state index in [1.165, 1.54) is 0 Å². The zero-order valence-corrected chi connectivity index (χ0v) is 20.9. The fraction of sp³-hybridized carbons (Fsp3) is 0.481. The molecule has 3 aliphatic heterocycles. The van der Waals surface area contributed by atoms with E-state index in [-0.39, 0.29) is 18.5 Å². The first-order chi connectivity index (χ1) is 17.9. The van der Waals surface area contributed by atoms with Crippen molar-refractivity contribution in [3.05, 3.63) is 59.3 Å². The van der Waals surface area contributed by atoms with Crippen LogP contribution in [0.2, 0.25) is 0 Å². The molecule has 1 aromatic carbocycles. The van der Waals surface area contributed by atoms with E-state index in [4.69, 9.17) is 14.3 Å². The number of ether oxygens (including phenoxy) is 2. The predicted molar refractivity (Wildman–Crippen MR) is 132 cm³/mol. The number of fused-ring (bicyclic) bond motifs is 2. The number of carbonyl (C=O) groups is 3. The molecule has 1 saturated carbocycles. The Bertz CT molecular complexity index is 1220. The van der Waals surface area contributed by atoms with Crippen LogP contribution >= 0.6 is 0 Å². The highest BCUT2D eigenvalue weighted by Crippen LogP contribution is 2.52.